The van der Waals surface area contributed by atoms with Crippen molar-refractivity contribution in [3.05, 3.63) is 62.6 Å². The molecule has 1 unspecified atom stereocenters. The van der Waals surface area contributed by atoms with E-state index in [0.717, 1.165) is 0 Å². The average Bonchev–Trinajstić information content (AvgIpc) is 3.45. The molecular weight excluding hydrogens is 456 g/mol. The number of hydrogen-bond donors (Lipinski definition) is 2. The molecule has 1 aliphatic heterocycles. The summed E-state index contributed by atoms with van der Waals surface area (Å²) in [7, 11) is 0. The van der Waals surface area contributed by atoms with E-state index in [-0.39, 0.29) is 24.9 Å². The maximum Gasteiger partial charge on any atom is 0.414 e. The minimum atomic E-state index is -0.504. The number of ether oxygens (including phenoxy) is 1. The summed E-state index contributed by atoms with van der Waals surface area (Å²) in [6.07, 6.45) is -0.989. The van der Waals surface area contributed by atoms with Crippen LogP contribution in [0.5, 0.6) is 0 Å². The van der Waals surface area contributed by atoms with Crippen LogP contribution in [0.4, 0.5) is 16.2 Å². The van der Waals surface area contributed by atoms with E-state index in [1.165, 1.54) is 16.2 Å². The van der Waals surface area contributed by atoms with Gasteiger partial charge in [-0.3, -0.25) is 14.5 Å². The number of nitrogens with one attached hydrogen (secondary N) is 2. The van der Waals surface area contributed by atoms with Gasteiger partial charge in [-0.1, -0.05) is 16.8 Å². The Morgan fingerprint density at radius 2 is 1.94 bits per heavy atom. The lowest BCUT2D eigenvalue weighted by atomic mass is 10.2. The molecule has 1 aromatic carbocycles. The van der Waals surface area contributed by atoms with Crippen LogP contribution < -0.4 is 15.5 Å². The van der Waals surface area contributed by atoms with Crippen molar-refractivity contribution in [2.24, 2.45) is 0 Å². The van der Waals surface area contributed by atoms with E-state index in [4.69, 9.17) is 20.9 Å². The van der Waals surface area contributed by atoms with Crippen molar-refractivity contribution in [2.75, 3.05) is 23.3 Å². The van der Waals surface area contributed by atoms with Gasteiger partial charge in [-0.15, -0.1) is 11.3 Å². The highest BCUT2D eigenvalue weighted by Gasteiger charge is 2.32. The lowest BCUT2D eigenvalue weighted by Crippen LogP contribution is -2.34. The summed E-state index contributed by atoms with van der Waals surface area (Å²) in [6.45, 7) is 3.84. The quantitative estimate of drug-likeness (QED) is 0.558. The highest BCUT2D eigenvalue weighted by atomic mass is 35.5. The molecule has 3 amide bonds. The maximum absolute atomic E-state index is 12.4. The molecule has 1 aliphatic rings. The van der Waals surface area contributed by atoms with Gasteiger partial charge < -0.3 is 19.9 Å². The SMILES string of the molecule is Cc1noc(C)c1C(=O)Nc1ccc(N2CC(CNC(=O)c3ccc(Cl)s3)OC2=O)cc1. The Labute approximate surface area is 192 Å². The summed E-state index contributed by atoms with van der Waals surface area (Å²) in [4.78, 5) is 38.8. The van der Waals surface area contributed by atoms with Crippen LogP contribution in [0.1, 0.15) is 31.5 Å². The number of nitrogens with zero attached hydrogens (tertiary/aromatic N) is 2. The summed E-state index contributed by atoms with van der Waals surface area (Å²) in [6, 6.07) is 10.1. The lowest BCUT2D eigenvalue weighted by molar-refractivity contribution is 0.0919. The monoisotopic (exact) mass is 474 g/mol. The first-order chi connectivity index (χ1) is 15.3. The van der Waals surface area contributed by atoms with Crippen LogP contribution in [-0.4, -0.2) is 42.3 Å². The molecule has 3 aromatic rings. The number of amides is 3. The van der Waals surface area contributed by atoms with Gasteiger partial charge >= 0.3 is 6.09 Å². The predicted octanol–water partition coefficient (Wildman–Crippen LogP) is 4.01. The molecule has 1 fully saturated rings. The fraction of sp³-hybridized carbons (Fsp3) is 0.238. The molecule has 2 N–H and O–H groups in total. The molecule has 1 atom stereocenters. The third-order valence-electron chi connectivity index (χ3n) is 4.86. The van der Waals surface area contributed by atoms with Crippen molar-refractivity contribution >= 4 is 52.2 Å². The molecule has 32 heavy (non-hydrogen) atoms. The van der Waals surface area contributed by atoms with Crippen molar-refractivity contribution in [3.8, 4) is 0 Å². The number of anilines is 2. The molecule has 9 nitrogen and oxygen atoms in total. The highest BCUT2D eigenvalue weighted by Crippen LogP contribution is 2.25. The fourth-order valence-corrected chi connectivity index (χ4v) is 4.25. The Kier molecular flexibility index (Phi) is 6.15. The van der Waals surface area contributed by atoms with Gasteiger partial charge in [0.15, 0.2) is 0 Å². The summed E-state index contributed by atoms with van der Waals surface area (Å²) >= 11 is 7.03. The van der Waals surface area contributed by atoms with Crippen molar-refractivity contribution < 1.29 is 23.6 Å². The summed E-state index contributed by atoms with van der Waals surface area (Å²) in [5.74, 6) is -0.149. The third-order valence-corrected chi connectivity index (χ3v) is 6.09. The van der Waals surface area contributed by atoms with Crippen molar-refractivity contribution in [1.82, 2.24) is 10.5 Å². The lowest BCUT2D eigenvalue weighted by Gasteiger charge is -2.14. The van der Waals surface area contributed by atoms with Crippen LogP contribution in [0.3, 0.4) is 0 Å². The van der Waals surface area contributed by atoms with Crippen molar-refractivity contribution in [3.63, 3.8) is 0 Å². The van der Waals surface area contributed by atoms with Crippen LogP contribution in [0.2, 0.25) is 4.34 Å². The molecule has 0 spiro atoms. The third kappa shape index (κ3) is 4.61. The number of carbonyl (C=O) groups excluding carboxylic acids is 3. The second-order valence-corrected chi connectivity index (χ2v) is 8.85. The summed E-state index contributed by atoms with van der Waals surface area (Å²) < 4.78 is 10.9. The molecule has 1 saturated heterocycles. The molecule has 166 valence electrons. The number of aromatic nitrogens is 1. The second kappa shape index (κ2) is 9.01. The predicted molar refractivity (Wildman–Crippen MR) is 120 cm³/mol. The number of aryl methyl sites for hydroxylation is 2. The first-order valence-electron chi connectivity index (χ1n) is 9.68. The molecule has 4 rings (SSSR count). The van der Waals surface area contributed by atoms with Gasteiger partial charge in [-0.25, -0.2) is 4.79 Å². The van der Waals surface area contributed by atoms with Gasteiger partial charge in [0.05, 0.1) is 28.0 Å². The summed E-state index contributed by atoms with van der Waals surface area (Å²) in [5, 5.41) is 9.31. The Morgan fingerprint density at radius 1 is 1.19 bits per heavy atom. The minimum Gasteiger partial charge on any atom is -0.442 e. The first kappa shape index (κ1) is 21.8. The second-order valence-electron chi connectivity index (χ2n) is 7.13. The number of cyclic esters (lactones) is 1. The molecule has 3 heterocycles. The van der Waals surface area contributed by atoms with E-state index in [2.05, 4.69) is 15.8 Å². The smallest absolute Gasteiger partial charge is 0.414 e. The van der Waals surface area contributed by atoms with Gasteiger partial charge in [0, 0.05) is 11.4 Å². The van der Waals surface area contributed by atoms with Crippen LogP contribution in [-0.2, 0) is 4.74 Å². The zero-order chi connectivity index (χ0) is 22.8. The first-order valence-corrected chi connectivity index (χ1v) is 10.9. The Bertz CT molecular complexity index is 1150. The minimum absolute atomic E-state index is 0.183. The summed E-state index contributed by atoms with van der Waals surface area (Å²) in [5.41, 5.74) is 2.08. The molecule has 0 saturated carbocycles. The molecule has 0 radical (unpaired) electrons. The van der Waals surface area contributed by atoms with Gasteiger partial charge in [0.1, 0.15) is 17.4 Å². The van der Waals surface area contributed by atoms with Gasteiger partial charge in [-0.2, -0.15) is 0 Å². The highest BCUT2D eigenvalue weighted by molar-refractivity contribution is 7.18. The number of rotatable bonds is 6. The largest absolute Gasteiger partial charge is 0.442 e. The number of benzene rings is 1. The van der Waals surface area contributed by atoms with E-state index >= 15 is 0 Å². The normalized spacial score (nSPS) is 15.5. The van der Waals surface area contributed by atoms with E-state index in [1.54, 1.807) is 50.2 Å². The number of hydrogen-bond acceptors (Lipinski definition) is 7. The number of carbonyl (C=O) groups is 3. The zero-order valence-electron chi connectivity index (χ0n) is 17.2. The van der Waals surface area contributed by atoms with Crippen molar-refractivity contribution in [1.29, 1.82) is 0 Å². The van der Waals surface area contributed by atoms with Crippen molar-refractivity contribution in [2.45, 2.75) is 20.0 Å². The van der Waals surface area contributed by atoms with Gasteiger partial charge in [-0.05, 0) is 50.2 Å². The molecular formula is C21H19ClN4O5S. The van der Waals surface area contributed by atoms with Crippen LogP contribution >= 0.6 is 22.9 Å². The van der Waals surface area contributed by atoms with E-state index in [9.17, 15) is 14.4 Å². The van der Waals surface area contributed by atoms with Crippen LogP contribution in [0.15, 0.2) is 40.9 Å². The van der Waals surface area contributed by atoms with Gasteiger partial charge in [0.25, 0.3) is 11.8 Å². The fourth-order valence-electron chi connectivity index (χ4n) is 3.29. The van der Waals surface area contributed by atoms with E-state index < -0.39 is 12.2 Å². The van der Waals surface area contributed by atoms with Crippen LogP contribution in [0, 0.1) is 13.8 Å². The standard InChI is InChI=1S/C21H19ClN4O5S/c1-11-18(12(2)31-25-11)20(28)24-13-3-5-14(6-4-13)26-10-15(30-21(26)29)9-23-19(27)16-7-8-17(22)32-16/h3-8,15H,9-10H2,1-2H3,(H,23,27)(H,24,28). The zero-order valence-corrected chi connectivity index (χ0v) is 18.7. The maximum atomic E-state index is 12.4. The van der Waals surface area contributed by atoms with Crippen LogP contribution in [0.25, 0.3) is 0 Å². The number of halogens is 1. The molecule has 11 heteroatoms. The van der Waals surface area contributed by atoms with Gasteiger partial charge in [0.2, 0.25) is 0 Å². The number of thiophene rings is 1. The topological polar surface area (TPSA) is 114 Å². The van der Waals surface area contributed by atoms with E-state index in [1.807, 2.05) is 0 Å². The average molecular weight is 475 g/mol. The molecule has 2 aromatic heterocycles. The van der Waals surface area contributed by atoms with E-state index in [0.29, 0.717) is 37.6 Å². The Balaban J connectivity index is 1.34. The molecule has 0 aliphatic carbocycles. The Hall–Kier alpha value is -3.37. The molecule has 0 bridgehead atoms. The Morgan fingerprint density at radius 3 is 2.56 bits per heavy atom.